The number of aliphatic carboxylic acids is 4. The molecule has 17 atom stereocenters. The number of carboxylic acids is 4. The fraction of sp³-hybridized carbons (Fsp3) is 0.582. The van der Waals surface area contributed by atoms with Crippen molar-refractivity contribution < 1.29 is 108 Å². The zero-order valence-electron chi connectivity index (χ0n) is 60.1. The average molecular weight is 1570 g/mol. The van der Waals surface area contributed by atoms with Gasteiger partial charge in [0.25, 0.3) is 0 Å². The number of nitrogens with zero attached hydrogens (tertiary/aromatic N) is 10. The van der Waals surface area contributed by atoms with Crippen LogP contribution >= 0.6 is 47.0 Å². The van der Waals surface area contributed by atoms with E-state index in [0.717, 1.165) is 24.3 Å². The molecule has 7 fully saturated rings. The van der Waals surface area contributed by atoms with Crippen molar-refractivity contribution in [2.45, 2.75) is 163 Å². The van der Waals surface area contributed by atoms with Crippen LogP contribution in [0.15, 0.2) is 74.8 Å². The molecule has 0 bridgehead atoms. The molecule has 582 valence electrons. The smallest absolute Gasteiger partial charge is 0.353 e. The molecular formula is C67H89N15O21S4. The van der Waals surface area contributed by atoms with Gasteiger partial charge >= 0.3 is 42.1 Å². The molecule has 13 rings (SSSR count). The minimum absolute atomic E-state index is 0. The normalized spacial score (nSPS) is 29.2. The highest BCUT2D eigenvalue weighted by molar-refractivity contribution is 8.04. The van der Waals surface area contributed by atoms with Crippen molar-refractivity contribution in [1.82, 2.24) is 65.2 Å². The van der Waals surface area contributed by atoms with Crippen LogP contribution in [0.2, 0.25) is 0 Å². The highest BCUT2D eigenvalue weighted by atomic mass is 32.2. The van der Waals surface area contributed by atoms with Crippen molar-refractivity contribution in [3.63, 3.8) is 0 Å². The molecule has 13 N–H and O–H groups in total. The van der Waals surface area contributed by atoms with E-state index in [1.54, 1.807) is 104 Å². The van der Waals surface area contributed by atoms with E-state index in [2.05, 4.69) is 26.3 Å². The molecule has 0 radical (unpaired) electrons. The molecule has 0 aliphatic carbocycles. The van der Waals surface area contributed by atoms with Gasteiger partial charge in [0, 0.05) is 95.5 Å². The maximum absolute atomic E-state index is 13.3. The zero-order valence-corrected chi connectivity index (χ0v) is 63.4. The molecule has 11 aliphatic heterocycles. The molecule has 0 spiro atoms. The van der Waals surface area contributed by atoms with Crippen LogP contribution in [0.4, 0.5) is 4.79 Å². The number of carbonyl (C=O) groups excluding carboxylic acids is 10. The van der Waals surface area contributed by atoms with Crippen molar-refractivity contribution >= 4 is 131 Å². The molecule has 11 aliphatic rings. The lowest BCUT2D eigenvalue weighted by Crippen LogP contribution is -2.71. The molecule has 10 amide bonds. The number of aliphatic hydroxyl groups excluding tert-OH is 3. The van der Waals surface area contributed by atoms with Crippen molar-refractivity contribution in [1.29, 1.82) is 5.41 Å². The summed E-state index contributed by atoms with van der Waals surface area (Å²) < 4.78 is 3.20. The Morgan fingerprint density at radius 3 is 1.93 bits per heavy atom. The lowest BCUT2D eigenvalue weighted by Gasteiger charge is -2.47. The molecule has 40 heteroatoms. The van der Waals surface area contributed by atoms with Crippen LogP contribution < -0.4 is 31.1 Å². The third-order valence-electron chi connectivity index (χ3n) is 20.6. The van der Waals surface area contributed by atoms with Gasteiger partial charge in [-0.25, -0.2) is 19.2 Å². The first kappa shape index (κ1) is 82.4. The fourth-order valence-corrected chi connectivity index (χ4v) is 21.2. The summed E-state index contributed by atoms with van der Waals surface area (Å²) in [6.07, 6.45) is 3.31. The third-order valence-corrected chi connectivity index (χ3v) is 26.3. The number of carbonyl (C=O) groups is 13. The second-order valence-corrected chi connectivity index (χ2v) is 33.7. The molecular weight excluding hydrogens is 1480 g/mol. The number of nitrogens with one attached hydrogen (secondary N) is 5. The van der Waals surface area contributed by atoms with Crippen molar-refractivity contribution in [3.05, 3.63) is 80.4 Å². The Bertz CT molecular complexity index is 4000. The summed E-state index contributed by atoms with van der Waals surface area (Å²) in [5.41, 5.74) is 0.480. The SMILES string of the molecule is CCN1CCN(C(=O)N[C@@H](C(=O)N[C@@H]2C(=O)N3[C@@H]2SC(C)(C)[C@@H]3C(=O)O)c2ccccc2)C(=O)C1=O.C[C@@H](O)[C@H]1C(=O)N2C(C(=O)O)=C(SCCNC=N)C[C@H]12.C[C@@H](O)[C@H]1C(=O)N2C(C(=O)O)=C(S[C@@H]3CN[C@H](C(=O)N(C)C)C3)[C@H](C)[C@H]12.C[C@@H](O)[C@H]1C(=O)N2C(C(=O)[O-])=C(SC3Cn4cnc[n+]4C3)[C@H](C)[C@H]12.O. The Morgan fingerprint density at radius 1 is 0.813 bits per heavy atom. The van der Waals surface area contributed by atoms with Crippen LogP contribution in [0, 0.1) is 35.0 Å². The van der Waals surface area contributed by atoms with Gasteiger partial charge in [-0.3, -0.25) is 48.7 Å². The van der Waals surface area contributed by atoms with Gasteiger partial charge < -0.3 is 96.7 Å². The summed E-state index contributed by atoms with van der Waals surface area (Å²) in [7, 11) is 3.42. The van der Waals surface area contributed by atoms with Gasteiger partial charge in [0.2, 0.25) is 41.8 Å². The summed E-state index contributed by atoms with van der Waals surface area (Å²) >= 11 is 5.61. The van der Waals surface area contributed by atoms with Gasteiger partial charge in [-0.2, -0.15) is 9.36 Å². The molecule has 12 heterocycles. The second-order valence-electron chi connectivity index (χ2n) is 28.0. The van der Waals surface area contributed by atoms with Gasteiger partial charge in [0.15, 0.2) is 0 Å². The molecule has 7 saturated heterocycles. The minimum atomic E-state index is -1.32. The van der Waals surface area contributed by atoms with Crippen molar-refractivity contribution in [2.24, 2.45) is 29.6 Å². The van der Waals surface area contributed by atoms with Gasteiger partial charge in [-0.05, 0) is 58.5 Å². The summed E-state index contributed by atoms with van der Waals surface area (Å²) in [5.74, 6) is -9.86. The number of aliphatic hydroxyl groups is 3. The van der Waals surface area contributed by atoms with Crippen LogP contribution in [0.5, 0.6) is 0 Å². The molecule has 2 aromatic rings. The maximum atomic E-state index is 13.3. The monoisotopic (exact) mass is 1570 g/mol. The van der Waals surface area contributed by atoms with E-state index in [0.29, 0.717) is 58.5 Å². The quantitative estimate of drug-likeness (QED) is 0.0136. The molecule has 1 aromatic heterocycles. The van der Waals surface area contributed by atoms with Gasteiger partial charge in [0.05, 0.1) is 90.0 Å². The zero-order chi connectivity index (χ0) is 77.7. The lowest BCUT2D eigenvalue weighted by atomic mass is 9.79. The van der Waals surface area contributed by atoms with E-state index in [9.17, 15) is 98.1 Å². The van der Waals surface area contributed by atoms with Crippen LogP contribution in [-0.4, -0.2) is 291 Å². The second kappa shape index (κ2) is 33.1. The topological polar surface area (TPSA) is 514 Å². The predicted molar refractivity (Wildman–Crippen MR) is 382 cm³/mol. The lowest BCUT2D eigenvalue weighted by molar-refractivity contribution is -0.758. The fourth-order valence-electron chi connectivity index (χ4n) is 15.5. The predicted octanol–water partition coefficient (Wildman–Crippen LogP) is -3.44. The number of aromatic nitrogens is 3. The van der Waals surface area contributed by atoms with Crippen molar-refractivity contribution in [3.8, 4) is 0 Å². The summed E-state index contributed by atoms with van der Waals surface area (Å²) in [4.78, 5) is 174. The molecule has 1 aromatic carbocycles. The number of urea groups is 1. The number of benzene rings is 1. The van der Waals surface area contributed by atoms with Crippen molar-refractivity contribution in [2.75, 3.05) is 52.6 Å². The van der Waals surface area contributed by atoms with E-state index < -0.39 is 118 Å². The number of imide groups is 1. The van der Waals surface area contributed by atoms with Crippen LogP contribution in [0.1, 0.15) is 79.8 Å². The number of β-lactam (4-membered cyclic amide) rings is 4. The number of carboxylic acid groups (broad SMARTS) is 4. The largest absolute Gasteiger partial charge is 0.543 e. The van der Waals surface area contributed by atoms with E-state index in [4.69, 9.17) is 5.41 Å². The van der Waals surface area contributed by atoms with Crippen LogP contribution in [0.3, 0.4) is 0 Å². The maximum Gasteiger partial charge on any atom is 0.353 e. The number of likely N-dealkylation sites (N-methyl/N-ethyl adjacent to an activating group) is 2. The number of fused-ring (bicyclic) bond motifs is 5. The van der Waals surface area contributed by atoms with E-state index in [-0.39, 0.29) is 106 Å². The Labute approximate surface area is 631 Å². The number of piperazine rings is 1. The molecule has 107 heavy (non-hydrogen) atoms. The molecule has 36 nitrogen and oxygen atoms in total. The standard InChI is InChI=1S/C23H27N5O7S.C17H25N3O5S.C15H18N4O4S.C12H17N3O4S.H2O/c1-4-26-10-11-27(19(32)18(26)31)22(35)25-13(12-8-6-5-7-9-12)16(29)24-14-17(30)28-15(21(33)34)23(2,3)36-20(14)28;1-7-12-11(8(2)21)16(23)20(12)13(17(24)25)14(7)26-9-5-10(18-6-9)15(22)19(3)4;1-7-11-10(8(2)20)14(21)19(11)12(15(22)23)13(7)24-9-3-17-5-16-6-18(17)4-9;1-6(16)9-7-4-8(20-3-2-14-5-13)10(12(18)19)15(7)11(9)17;/h5-9,13-15,20H,4,10-11H2,1-3H3,(H,24,29)(H,25,35)(H,33,34);7-12,18,21H,5-6H2,1-4H3,(H,24,25);5-11,20H,3-4H2,1-2H3;5-7,9,16H,2-4H2,1H3,(H2,13,14)(H,18,19);1H2/t13-,14-,15+,20-;7-,8-,9+,10+,11-,12-;7-,8-,10-,11-;6-,7-,9-;/m1111./s1. The Hall–Kier alpha value is -8.64. The molecule has 0 unspecified atom stereocenters. The number of hydrogen-bond acceptors (Lipinski definition) is 24. The number of amides is 10. The average Bonchev–Trinajstić information content (AvgIpc) is 1.57. The van der Waals surface area contributed by atoms with E-state index in [1.807, 2.05) is 23.2 Å². The van der Waals surface area contributed by atoms with Crippen LogP contribution in [0.25, 0.3) is 0 Å². The first-order valence-corrected chi connectivity index (χ1v) is 38.1. The minimum Gasteiger partial charge on any atom is -0.543 e. The summed E-state index contributed by atoms with van der Waals surface area (Å²) in [5, 5.41) is 87.1. The Morgan fingerprint density at radius 2 is 1.39 bits per heavy atom. The Balaban J connectivity index is 0.000000168. The first-order chi connectivity index (χ1) is 50.0. The summed E-state index contributed by atoms with van der Waals surface area (Å²) in [6, 6.07) is 3.02. The van der Waals surface area contributed by atoms with Crippen LogP contribution in [-0.2, 0) is 70.6 Å². The van der Waals surface area contributed by atoms with E-state index >= 15 is 0 Å². The number of hydrogen-bond donors (Lipinski definition) is 11. The highest BCUT2D eigenvalue weighted by Crippen LogP contribution is 2.55. The third kappa shape index (κ3) is 15.6. The highest BCUT2D eigenvalue weighted by Gasteiger charge is 2.65. The molecule has 0 saturated carbocycles. The van der Waals surface area contributed by atoms with Gasteiger partial charge in [0.1, 0.15) is 41.4 Å². The summed E-state index contributed by atoms with van der Waals surface area (Å²) in [6.45, 7) is 16.8. The van der Waals surface area contributed by atoms with Gasteiger partial charge in [-0.1, -0.05) is 44.2 Å². The Kier molecular flexibility index (Phi) is 25.5. The first-order valence-electron chi connectivity index (χ1n) is 34.5. The number of rotatable bonds is 22. The van der Waals surface area contributed by atoms with Gasteiger partial charge in [-0.15, -0.1) is 47.0 Å². The number of thioether (sulfide) groups is 4. The van der Waals surface area contributed by atoms with E-state index in [1.165, 1.54) is 71.5 Å².